The maximum Gasteiger partial charge on any atom is 0.257 e. The summed E-state index contributed by atoms with van der Waals surface area (Å²) < 4.78 is 8.56. The van der Waals surface area contributed by atoms with E-state index in [1.54, 1.807) is 17.1 Å². The molecule has 6 nitrogen and oxygen atoms in total. The monoisotopic (exact) mass is 426 g/mol. The van der Waals surface area contributed by atoms with Gasteiger partial charge in [-0.05, 0) is 47.1 Å². The minimum Gasteiger partial charge on any atom is -0.472 e. The van der Waals surface area contributed by atoms with Crippen molar-refractivity contribution in [2.45, 2.75) is 19.4 Å². The van der Waals surface area contributed by atoms with E-state index >= 15 is 0 Å². The highest BCUT2D eigenvalue weighted by atomic mass is 79.9. The van der Waals surface area contributed by atoms with E-state index < -0.39 is 0 Å². The topological polar surface area (TPSA) is 60.3 Å². The molecule has 0 aliphatic carbocycles. The van der Waals surface area contributed by atoms with Crippen molar-refractivity contribution in [3.05, 3.63) is 70.6 Å². The summed E-state index contributed by atoms with van der Waals surface area (Å²) in [6.45, 7) is 3.12. The van der Waals surface area contributed by atoms with E-state index in [1.165, 1.54) is 0 Å². The van der Waals surface area contributed by atoms with Crippen molar-refractivity contribution < 1.29 is 9.53 Å². The van der Waals surface area contributed by atoms with Gasteiger partial charge in [0.1, 0.15) is 6.10 Å². The molecule has 3 heterocycles. The second kappa shape index (κ2) is 7.52. The number of hydrogen-bond acceptors (Lipinski definition) is 4. The molecule has 1 saturated heterocycles. The summed E-state index contributed by atoms with van der Waals surface area (Å²) in [7, 11) is 0. The van der Waals surface area contributed by atoms with Gasteiger partial charge in [0.15, 0.2) is 0 Å². The van der Waals surface area contributed by atoms with Crippen molar-refractivity contribution in [1.29, 1.82) is 0 Å². The van der Waals surface area contributed by atoms with Crippen molar-refractivity contribution in [2.24, 2.45) is 0 Å². The Labute approximate surface area is 165 Å². The highest BCUT2D eigenvalue weighted by Gasteiger charge is 2.30. The Morgan fingerprint density at radius 1 is 1.22 bits per heavy atom. The van der Waals surface area contributed by atoms with Crippen LogP contribution in [-0.2, 0) is 0 Å². The molecule has 7 heteroatoms. The molecular formula is C20H19BrN4O2. The Hall–Kier alpha value is -2.67. The summed E-state index contributed by atoms with van der Waals surface area (Å²) in [5.41, 5.74) is 2.40. The molecule has 1 fully saturated rings. The highest BCUT2D eigenvalue weighted by Crippen LogP contribution is 2.25. The van der Waals surface area contributed by atoms with Crippen molar-refractivity contribution in [3.8, 4) is 11.6 Å². The molecule has 0 spiro atoms. The van der Waals surface area contributed by atoms with Crippen LogP contribution in [0.5, 0.6) is 5.88 Å². The number of nitrogens with zero attached hydrogens (tertiary/aromatic N) is 4. The minimum atomic E-state index is -0.0652. The van der Waals surface area contributed by atoms with Crippen LogP contribution < -0.4 is 4.74 Å². The van der Waals surface area contributed by atoms with Gasteiger partial charge >= 0.3 is 0 Å². The second-order valence-electron chi connectivity index (χ2n) is 6.46. The zero-order valence-electron chi connectivity index (χ0n) is 14.9. The van der Waals surface area contributed by atoms with Gasteiger partial charge in [0.25, 0.3) is 5.91 Å². The van der Waals surface area contributed by atoms with Gasteiger partial charge in [-0.15, -0.1) is 0 Å². The van der Waals surface area contributed by atoms with Crippen LogP contribution in [0.1, 0.15) is 22.5 Å². The average molecular weight is 427 g/mol. The van der Waals surface area contributed by atoms with Crippen LogP contribution >= 0.6 is 15.9 Å². The molecule has 1 aromatic carbocycles. The molecule has 1 amide bonds. The molecule has 0 saturated carbocycles. The molecule has 138 valence electrons. The first-order chi connectivity index (χ1) is 13.1. The number of aromatic nitrogens is 3. The number of benzene rings is 1. The largest absolute Gasteiger partial charge is 0.472 e. The summed E-state index contributed by atoms with van der Waals surface area (Å²) in [5, 5.41) is 4.40. The summed E-state index contributed by atoms with van der Waals surface area (Å²) in [5.74, 6) is 0.547. The number of rotatable bonds is 4. The number of pyridine rings is 1. The lowest BCUT2D eigenvalue weighted by Crippen LogP contribution is -2.31. The fourth-order valence-corrected chi connectivity index (χ4v) is 3.59. The van der Waals surface area contributed by atoms with Crippen LogP contribution in [0.4, 0.5) is 0 Å². The third kappa shape index (κ3) is 3.60. The molecule has 0 N–H and O–H groups in total. The van der Waals surface area contributed by atoms with E-state index in [-0.39, 0.29) is 12.0 Å². The lowest BCUT2D eigenvalue weighted by molar-refractivity contribution is 0.0770. The Balaban J connectivity index is 1.47. The van der Waals surface area contributed by atoms with Crippen molar-refractivity contribution in [2.75, 3.05) is 13.1 Å². The Kier molecular flexibility index (Phi) is 4.94. The Bertz CT molecular complexity index is 958. The molecule has 0 bridgehead atoms. The molecule has 2 aromatic heterocycles. The fraction of sp³-hybridized carbons (Fsp3) is 0.250. The number of halogens is 1. The number of hydrogen-bond donors (Lipinski definition) is 0. The van der Waals surface area contributed by atoms with Gasteiger partial charge in [0, 0.05) is 19.2 Å². The number of para-hydroxylation sites is 1. The standard InChI is InChI=1S/C20H19BrN4O2/c1-14-17(12-23-25(14)15-6-3-2-4-7-15)20(26)24-11-9-16(13-24)27-19-18(21)8-5-10-22-19/h2-8,10,12,16H,9,11,13H2,1H3. The van der Waals surface area contributed by atoms with E-state index in [0.717, 1.165) is 22.3 Å². The normalized spacial score (nSPS) is 16.5. The third-order valence-electron chi connectivity index (χ3n) is 4.68. The van der Waals surface area contributed by atoms with E-state index in [9.17, 15) is 4.79 Å². The predicted molar refractivity (Wildman–Crippen MR) is 105 cm³/mol. The van der Waals surface area contributed by atoms with Crippen LogP contribution in [-0.4, -0.2) is 44.8 Å². The van der Waals surface area contributed by atoms with Crippen LogP contribution in [0.25, 0.3) is 5.69 Å². The lowest BCUT2D eigenvalue weighted by atomic mass is 10.2. The maximum atomic E-state index is 13.0. The first-order valence-electron chi connectivity index (χ1n) is 8.80. The van der Waals surface area contributed by atoms with Crippen LogP contribution in [0.3, 0.4) is 0 Å². The molecule has 1 aliphatic heterocycles. The molecular weight excluding hydrogens is 408 g/mol. The average Bonchev–Trinajstić information content (AvgIpc) is 3.31. The quantitative estimate of drug-likeness (QED) is 0.638. The van der Waals surface area contributed by atoms with Gasteiger partial charge in [-0.25, -0.2) is 9.67 Å². The van der Waals surface area contributed by atoms with Gasteiger partial charge in [0.05, 0.1) is 34.2 Å². The zero-order valence-corrected chi connectivity index (χ0v) is 16.5. The number of amides is 1. The molecule has 1 atom stereocenters. The number of carbonyl (C=O) groups is 1. The minimum absolute atomic E-state index is 0.0131. The Morgan fingerprint density at radius 2 is 2.04 bits per heavy atom. The Morgan fingerprint density at radius 3 is 2.81 bits per heavy atom. The molecule has 4 rings (SSSR count). The summed E-state index contributed by atoms with van der Waals surface area (Å²) in [4.78, 5) is 19.0. The molecule has 1 unspecified atom stereocenters. The van der Waals surface area contributed by atoms with Gasteiger partial charge in [-0.3, -0.25) is 4.79 Å². The molecule has 1 aliphatic rings. The summed E-state index contributed by atoms with van der Waals surface area (Å²) >= 11 is 3.44. The molecule has 0 radical (unpaired) electrons. The zero-order chi connectivity index (χ0) is 18.8. The van der Waals surface area contributed by atoms with E-state index in [1.807, 2.05) is 54.3 Å². The first kappa shape index (κ1) is 17.7. The van der Waals surface area contributed by atoms with Gasteiger partial charge < -0.3 is 9.64 Å². The number of likely N-dealkylation sites (tertiary alicyclic amines) is 1. The fourth-order valence-electron chi connectivity index (χ4n) is 3.24. The highest BCUT2D eigenvalue weighted by molar-refractivity contribution is 9.10. The second-order valence-corrected chi connectivity index (χ2v) is 7.32. The summed E-state index contributed by atoms with van der Waals surface area (Å²) in [6, 6.07) is 13.5. The number of carbonyl (C=O) groups excluding carboxylic acids is 1. The third-order valence-corrected chi connectivity index (χ3v) is 5.28. The first-order valence-corrected chi connectivity index (χ1v) is 9.59. The van der Waals surface area contributed by atoms with Crippen LogP contribution in [0.2, 0.25) is 0 Å². The van der Waals surface area contributed by atoms with Crippen molar-refractivity contribution in [3.63, 3.8) is 0 Å². The van der Waals surface area contributed by atoms with E-state index in [4.69, 9.17) is 4.74 Å². The SMILES string of the molecule is Cc1c(C(=O)N2CCC(Oc3ncccc3Br)C2)cnn1-c1ccccc1. The van der Waals surface area contributed by atoms with Crippen molar-refractivity contribution in [1.82, 2.24) is 19.7 Å². The predicted octanol–water partition coefficient (Wildman–Crippen LogP) is 3.63. The summed E-state index contributed by atoms with van der Waals surface area (Å²) in [6.07, 6.45) is 4.05. The smallest absolute Gasteiger partial charge is 0.257 e. The van der Waals surface area contributed by atoms with Gasteiger partial charge in [0.2, 0.25) is 5.88 Å². The molecule has 3 aromatic rings. The maximum absolute atomic E-state index is 13.0. The molecule has 27 heavy (non-hydrogen) atoms. The van der Waals surface area contributed by atoms with Gasteiger partial charge in [-0.1, -0.05) is 18.2 Å². The van der Waals surface area contributed by atoms with E-state index in [2.05, 4.69) is 26.0 Å². The lowest BCUT2D eigenvalue weighted by Gasteiger charge is -2.17. The van der Waals surface area contributed by atoms with Gasteiger partial charge in [-0.2, -0.15) is 5.10 Å². The van der Waals surface area contributed by atoms with Crippen molar-refractivity contribution >= 4 is 21.8 Å². The van der Waals surface area contributed by atoms with Crippen LogP contribution in [0, 0.1) is 6.92 Å². The number of ether oxygens (including phenoxy) is 1. The van der Waals surface area contributed by atoms with Crippen LogP contribution in [0.15, 0.2) is 59.3 Å². The van der Waals surface area contributed by atoms with E-state index in [0.29, 0.717) is 24.5 Å².